The molecule has 1 aliphatic carbocycles. The number of aliphatic hydroxyl groups is 3. The Hall–Kier alpha value is -2.53. The molecule has 1 aliphatic heterocycles. The zero-order chi connectivity index (χ0) is 31.0. The Morgan fingerprint density at radius 1 is 1.14 bits per heavy atom. The van der Waals surface area contributed by atoms with E-state index in [0.29, 0.717) is 33.9 Å². The number of nitrogens with zero attached hydrogens (tertiary/aromatic N) is 4. The predicted molar refractivity (Wildman–Crippen MR) is 156 cm³/mol. The molecule has 3 N–H and O–H groups in total. The summed E-state index contributed by atoms with van der Waals surface area (Å²) in [6.07, 6.45) is -2.75. The van der Waals surface area contributed by atoms with Gasteiger partial charge in [-0.2, -0.15) is 4.39 Å². The van der Waals surface area contributed by atoms with Crippen molar-refractivity contribution in [3.63, 3.8) is 0 Å². The number of amides is 1. The van der Waals surface area contributed by atoms with E-state index in [1.165, 1.54) is 36.1 Å². The van der Waals surface area contributed by atoms with E-state index in [0.717, 1.165) is 6.07 Å². The van der Waals surface area contributed by atoms with Gasteiger partial charge in [0.25, 0.3) is 5.91 Å². The highest BCUT2D eigenvalue weighted by molar-refractivity contribution is 9.11. The van der Waals surface area contributed by atoms with E-state index in [1.54, 1.807) is 12.1 Å². The fourth-order valence-electron chi connectivity index (χ4n) is 5.79. The molecule has 7 atom stereocenters. The average molecular weight is 732 g/mol. The molecule has 2 heterocycles. The molecule has 0 bridgehead atoms. The van der Waals surface area contributed by atoms with Crippen LogP contribution in [0.2, 0.25) is 0 Å². The van der Waals surface area contributed by atoms with Crippen molar-refractivity contribution in [2.24, 2.45) is 0 Å². The molecule has 43 heavy (non-hydrogen) atoms. The van der Waals surface area contributed by atoms with Gasteiger partial charge in [-0.3, -0.25) is 4.79 Å². The van der Waals surface area contributed by atoms with E-state index in [2.05, 4.69) is 42.2 Å². The van der Waals surface area contributed by atoms with E-state index < -0.39 is 66.8 Å². The van der Waals surface area contributed by atoms with Gasteiger partial charge in [-0.25, -0.2) is 9.07 Å². The molecular formula is C28H30Br2F2N4O7. The van der Waals surface area contributed by atoms with Crippen LogP contribution in [0.15, 0.2) is 45.5 Å². The van der Waals surface area contributed by atoms with Gasteiger partial charge in [0, 0.05) is 27.3 Å². The summed E-state index contributed by atoms with van der Waals surface area (Å²) in [7, 11) is 2.54. The van der Waals surface area contributed by atoms with Crippen LogP contribution in [0.5, 0.6) is 5.75 Å². The predicted octanol–water partition coefficient (Wildman–Crippen LogP) is 3.38. The van der Waals surface area contributed by atoms with Crippen LogP contribution in [0.1, 0.15) is 25.3 Å². The van der Waals surface area contributed by atoms with Crippen LogP contribution in [0.3, 0.4) is 0 Å². The average Bonchev–Trinajstić information content (AvgIpc) is 3.63. The second-order valence-corrected chi connectivity index (χ2v) is 12.3. The summed E-state index contributed by atoms with van der Waals surface area (Å²) in [5, 5.41) is 40.4. The van der Waals surface area contributed by atoms with Crippen LogP contribution in [-0.2, 0) is 14.3 Å². The van der Waals surface area contributed by atoms with E-state index in [9.17, 15) is 28.9 Å². The van der Waals surface area contributed by atoms with Gasteiger partial charge in [-0.15, -0.1) is 5.10 Å². The highest BCUT2D eigenvalue weighted by Crippen LogP contribution is 2.38. The van der Waals surface area contributed by atoms with E-state index in [4.69, 9.17) is 14.2 Å². The van der Waals surface area contributed by atoms with Crippen LogP contribution >= 0.6 is 31.9 Å². The van der Waals surface area contributed by atoms with Crippen molar-refractivity contribution < 1.29 is 43.1 Å². The highest BCUT2D eigenvalue weighted by Gasteiger charge is 2.52. The third-order valence-corrected chi connectivity index (χ3v) is 8.76. The minimum atomic E-state index is -1.40. The van der Waals surface area contributed by atoms with Crippen molar-refractivity contribution in [1.82, 2.24) is 15.0 Å². The number of methoxy groups -OCH3 is 2. The van der Waals surface area contributed by atoms with Crippen molar-refractivity contribution in [1.29, 1.82) is 0 Å². The third kappa shape index (κ3) is 6.21. The number of anilines is 1. The molecule has 0 spiro atoms. The lowest BCUT2D eigenvalue weighted by Crippen LogP contribution is -2.62. The summed E-state index contributed by atoms with van der Waals surface area (Å²) in [6.45, 7) is -0.631. The molecule has 5 rings (SSSR count). The second kappa shape index (κ2) is 13.2. The number of benzene rings is 2. The number of hydrogen-bond acceptors (Lipinski definition) is 9. The third-order valence-electron chi connectivity index (χ3n) is 7.85. The Balaban J connectivity index is 1.54. The minimum absolute atomic E-state index is 0.129. The fraction of sp³-hybridized carbons (Fsp3) is 0.464. The summed E-state index contributed by atoms with van der Waals surface area (Å²) >= 11 is 6.92. The maximum absolute atomic E-state index is 14.4. The van der Waals surface area contributed by atoms with Gasteiger partial charge in [-0.05, 0) is 49.6 Å². The Morgan fingerprint density at radius 3 is 2.47 bits per heavy atom. The fourth-order valence-corrected chi connectivity index (χ4v) is 7.06. The molecular weight excluding hydrogens is 702 g/mol. The van der Waals surface area contributed by atoms with E-state index in [1.807, 2.05) is 6.07 Å². The molecule has 3 aromatic rings. The molecule has 5 unspecified atom stereocenters. The number of aromatic nitrogens is 3. The summed E-state index contributed by atoms with van der Waals surface area (Å²) in [6, 6.07) is 5.83. The number of aliphatic hydroxyl groups excluding tert-OH is 3. The molecule has 1 aromatic heterocycles. The maximum Gasteiger partial charge on any atom is 0.259 e. The number of carbonyl (C=O) groups is 1. The van der Waals surface area contributed by atoms with Gasteiger partial charge in [0.2, 0.25) is 5.82 Å². The number of rotatable bonds is 8. The second-order valence-electron chi connectivity index (χ2n) is 10.4. The van der Waals surface area contributed by atoms with Gasteiger partial charge in [0.05, 0.1) is 32.1 Å². The molecule has 2 aliphatic rings. The summed E-state index contributed by atoms with van der Waals surface area (Å²) < 4.78 is 47.5. The Bertz CT molecular complexity index is 1460. The molecule has 1 amide bonds. The SMILES string of the molecule is COc1cc(-c2cn(C3C(O)C(CO)OC(C(=O)N(c4cc(Br)cc(Br)c4)[C@@H]4CCC[C@H]4O)C3OC)nn2)cc(F)c1F. The van der Waals surface area contributed by atoms with Gasteiger partial charge in [0.15, 0.2) is 17.7 Å². The normalized spacial score (nSPS) is 27.3. The lowest BCUT2D eigenvalue weighted by Gasteiger charge is -2.45. The van der Waals surface area contributed by atoms with Crippen molar-refractivity contribution in [2.75, 3.05) is 25.7 Å². The Kier molecular flexibility index (Phi) is 9.80. The number of hydrogen-bond donors (Lipinski definition) is 3. The zero-order valence-electron chi connectivity index (χ0n) is 23.1. The lowest BCUT2D eigenvalue weighted by atomic mass is 9.91. The van der Waals surface area contributed by atoms with Crippen LogP contribution in [0.4, 0.5) is 14.5 Å². The van der Waals surface area contributed by atoms with Crippen molar-refractivity contribution in [3.05, 3.63) is 57.1 Å². The first kappa shape index (κ1) is 31.9. The standard InChI is InChI=1S/C28H30Br2F2N4O7/c1-41-21-7-13(6-17(31)23(21)32)18-11-35(34-33-18)24-25(39)22(12-37)43-27(26(24)42-2)28(40)36(19-4-3-5-20(19)38)16-9-14(29)8-15(30)10-16/h6-11,19-20,22,24-27,37-39H,3-5,12H2,1-2H3/t19-,20-,22?,24?,25?,26?,27?/m1/s1. The highest BCUT2D eigenvalue weighted by atomic mass is 79.9. The monoisotopic (exact) mass is 730 g/mol. The minimum Gasteiger partial charge on any atom is -0.494 e. The quantitative estimate of drug-likeness (QED) is 0.318. The van der Waals surface area contributed by atoms with Crippen LogP contribution in [-0.4, -0.2) is 93.6 Å². The molecule has 1 saturated heterocycles. The van der Waals surface area contributed by atoms with Gasteiger partial charge < -0.3 is 34.4 Å². The zero-order valence-corrected chi connectivity index (χ0v) is 26.3. The molecule has 2 fully saturated rings. The number of halogens is 4. The molecule has 232 valence electrons. The van der Waals surface area contributed by atoms with Crippen molar-refractivity contribution in [2.45, 2.75) is 61.9 Å². The largest absolute Gasteiger partial charge is 0.494 e. The first-order valence-electron chi connectivity index (χ1n) is 13.5. The van der Waals surface area contributed by atoms with Crippen LogP contribution in [0, 0.1) is 11.6 Å². The maximum atomic E-state index is 14.4. The lowest BCUT2D eigenvalue weighted by molar-refractivity contribution is -0.211. The first-order valence-corrected chi connectivity index (χ1v) is 15.1. The van der Waals surface area contributed by atoms with Crippen molar-refractivity contribution >= 4 is 43.5 Å². The van der Waals surface area contributed by atoms with Crippen molar-refractivity contribution in [3.8, 4) is 17.0 Å². The van der Waals surface area contributed by atoms with Crippen LogP contribution in [0.25, 0.3) is 11.3 Å². The number of carbonyl (C=O) groups excluding carboxylic acids is 1. The summed E-state index contributed by atoms with van der Waals surface area (Å²) in [4.78, 5) is 15.9. The molecule has 0 radical (unpaired) electrons. The topological polar surface area (TPSA) is 139 Å². The first-order chi connectivity index (χ1) is 20.6. The summed E-state index contributed by atoms with van der Waals surface area (Å²) in [5.41, 5.74) is 0.781. The van der Waals surface area contributed by atoms with Crippen LogP contribution < -0.4 is 9.64 Å². The molecule has 15 heteroatoms. The smallest absolute Gasteiger partial charge is 0.259 e. The van der Waals surface area contributed by atoms with E-state index >= 15 is 0 Å². The molecule has 2 aromatic carbocycles. The Morgan fingerprint density at radius 2 is 1.86 bits per heavy atom. The molecule has 11 nitrogen and oxygen atoms in total. The molecule has 1 saturated carbocycles. The Labute approximate surface area is 262 Å². The van der Waals surface area contributed by atoms with E-state index in [-0.39, 0.29) is 17.0 Å². The number of ether oxygens (including phenoxy) is 3. The van der Waals surface area contributed by atoms with Gasteiger partial charge in [0.1, 0.15) is 30.0 Å². The summed E-state index contributed by atoms with van der Waals surface area (Å²) in [5.74, 6) is -3.18. The van der Waals surface area contributed by atoms with Gasteiger partial charge >= 0.3 is 0 Å². The van der Waals surface area contributed by atoms with Gasteiger partial charge in [-0.1, -0.05) is 37.1 Å².